The number of nitrogens with zero attached hydrogens (tertiary/aromatic N) is 3. The first-order chi connectivity index (χ1) is 17.8. The van der Waals surface area contributed by atoms with E-state index in [-0.39, 0.29) is 35.1 Å². The van der Waals surface area contributed by atoms with E-state index in [0.29, 0.717) is 25.0 Å². The van der Waals surface area contributed by atoms with Crippen LogP contribution in [0.3, 0.4) is 0 Å². The Balaban J connectivity index is 1.49. The quantitative estimate of drug-likeness (QED) is 0.336. The van der Waals surface area contributed by atoms with Gasteiger partial charge in [0.25, 0.3) is 5.91 Å². The largest absolute Gasteiger partial charge is 0.491 e. The molecule has 1 amide bonds. The second-order valence-corrected chi connectivity index (χ2v) is 8.95. The zero-order valence-corrected chi connectivity index (χ0v) is 20.6. The number of alkyl halides is 3. The van der Waals surface area contributed by atoms with Crippen LogP contribution in [0, 0.1) is 5.92 Å². The third-order valence-electron chi connectivity index (χ3n) is 6.25. The average molecular weight is 518 g/mol. The van der Waals surface area contributed by atoms with Gasteiger partial charge in [0.2, 0.25) is 5.82 Å². The van der Waals surface area contributed by atoms with Crippen molar-refractivity contribution in [1.29, 1.82) is 0 Å². The van der Waals surface area contributed by atoms with Gasteiger partial charge in [-0.1, -0.05) is 32.1 Å². The maximum Gasteiger partial charge on any atom is 0.417 e. The second-order valence-electron chi connectivity index (χ2n) is 8.95. The van der Waals surface area contributed by atoms with Crippen molar-refractivity contribution in [2.75, 3.05) is 25.1 Å². The molecule has 0 radical (unpaired) electrons. The molecule has 198 valence electrons. The van der Waals surface area contributed by atoms with E-state index in [4.69, 9.17) is 9.47 Å². The molecule has 2 aromatic heterocycles. The summed E-state index contributed by atoms with van der Waals surface area (Å²) in [4.78, 5) is 21.1. The normalized spacial score (nSPS) is 14.5. The van der Waals surface area contributed by atoms with Crippen LogP contribution < -0.4 is 10.1 Å². The first-order valence-electron chi connectivity index (χ1n) is 12.4. The highest BCUT2D eigenvalue weighted by atomic mass is 19.4. The Bertz CT molecular complexity index is 1190. The fourth-order valence-corrected chi connectivity index (χ4v) is 4.45. The van der Waals surface area contributed by atoms with E-state index >= 15 is 0 Å². The number of H-pyrrole nitrogens is 1. The molecule has 1 saturated carbocycles. The predicted molar refractivity (Wildman–Crippen MR) is 131 cm³/mol. The molecule has 2 N–H and O–H groups in total. The van der Waals surface area contributed by atoms with Gasteiger partial charge in [0.1, 0.15) is 24.0 Å². The molecule has 0 unspecified atom stereocenters. The number of benzene rings is 1. The van der Waals surface area contributed by atoms with Gasteiger partial charge in [-0.2, -0.15) is 13.2 Å². The summed E-state index contributed by atoms with van der Waals surface area (Å²) in [5.74, 6) is 0.888. The standard InChI is InChI=1S/C26H30F3N5O3/c1-2-36-12-13-37-19-8-9-21(26(27,28)29)20(16-19)18-10-11-30-22(15-18)32-25(35)24-31-23(33-34-24)14-17-6-4-3-5-7-17/h8-11,15-17H,2-7,12-14H2,1H3,(H,30,32,35)(H,31,33,34). The highest BCUT2D eigenvalue weighted by molar-refractivity contribution is 6.01. The highest BCUT2D eigenvalue weighted by Crippen LogP contribution is 2.39. The number of hydrogen-bond acceptors (Lipinski definition) is 6. The van der Waals surface area contributed by atoms with Gasteiger partial charge in [0.15, 0.2) is 0 Å². The number of amides is 1. The van der Waals surface area contributed by atoms with E-state index in [2.05, 4.69) is 25.5 Å². The zero-order valence-electron chi connectivity index (χ0n) is 20.6. The summed E-state index contributed by atoms with van der Waals surface area (Å²) in [7, 11) is 0. The van der Waals surface area contributed by atoms with E-state index in [1.807, 2.05) is 6.92 Å². The number of rotatable bonds is 10. The third kappa shape index (κ3) is 7.28. The van der Waals surface area contributed by atoms with Crippen molar-refractivity contribution in [3.63, 3.8) is 0 Å². The fourth-order valence-electron chi connectivity index (χ4n) is 4.45. The molecule has 1 aliphatic carbocycles. The molecule has 1 aliphatic rings. The highest BCUT2D eigenvalue weighted by Gasteiger charge is 2.34. The molecule has 0 aliphatic heterocycles. The number of nitrogens with one attached hydrogen (secondary N) is 2. The van der Waals surface area contributed by atoms with Crippen LogP contribution in [0.1, 0.15) is 61.0 Å². The average Bonchev–Trinajstić information content (AvgIpc) is 3.35. The number of hydrogen-bond donors (Lipinski definition) is 2. The van der Waals surface area contributed by atoms with Gasteiger partial charge >= 0.3 is 6.18 Å². The summed E-state index contributed by atoms with van der Waals surface area (Å²) in [6.07, 6.45) is 3.41. The first-order valence-corrected chi connectivity index (χ1v) is 12.4. The monoisotopic (exact) mass is 517 g/mol. The maximum absolute atomic E-state index is 13.8. The van der Waals surface area contributed by atoms with Gasteiger partial charge in [-0.15, -0.1) is 5.10 Å². The van der Waals surface area contributed by atoms with Crippen molar-refractivity contribution >= 4 is 11.7 Å². The van der Waals surface area contributed by atoms with Crippen LogP contribution in [0.4, 0.5) is 19.0 Å². The van der Waals surface area contributed by atoms with Gasteiger partial charge in [-0.25, -0.2) is 9.97 Å². The van der Waals surface area contributed by atoms with Crippen molar-refractivity contribution in [2.45, 2.75) is 51.6 Å². The fraction of sp³-hybridized carbons (Fsp3) is 0.462. The van der Waals surface area contributed by atoms with Gasteiger partial charge in [0, 0.05) is 19.2 Å². The van der Waals surface area contributed by atoms with Crippen LogP contribution in [0.25, 0.3) is 11.1 Å². The Kier molecular flexibility index (Phi) is 8.75. The Morgan fingerprint density at radius 3 is 2.70 bits per heavy atom. The molecule has 37 heavy (non-hydrogen) atoms. The van der Waals surface area contributed by atoms with Crippen LogP contribution in [-0.4, -0.2) is 45.9 Å². The van der Waals surface area contributed by atoms with Crippen LogP contribution in [0.5, 0.6) is 5.75 Å². The van der Waals surface area contributed by atoms with Crippen LogP contribution in [0.2, 0.25) is 0 Å². The van der Waals surface area contributed by atoms with Crippen molar-refractivity contribution < 1.29 is 27.4 Å². The van der Waals surface area contributed by atoms with Crippen molar-refractivity contribution in [3.05, 3.63) is 53.7 Å². The number of aromatic nitrogens is 4. The van der Waals surface area contributed by atoms with E-state index in [1.165, 1.54) is 49.7 Å². The topological polar surface area (TPSA) is 102 Å². The molecular formula is C26H30F3N5O3. The lowest BCUT2D eigenvalue weighted by molar-refractivity contribution is -0.137. The summed E-state index contributed by atoms with van der Waals surface area (Å²) in [5.41, 5.74) is -0.692. The minimum absolute atomic E-state index is 0.0429. The van der Waals surface area contributed by atoms with E-state index in [0.717, 1.165) is 25.3 Å². The Labute approximate surface area is 213 Å². The molecule has 0 saturated heterocycles. The smallest absolute Gasteiger partial charge is 0.417 e. The predicted octanol–water partition coefficient (Wildman–Crippen LogP) is 5.68. The minimum Gasteiger partial charge on any atom is -0.491 e. The lowest BCUT2D eigenvalue weighted by atomic mass is 9.87. The summed E-state index contributed by atoms with van der Waals surface area (Å²) in [6.45, 7) is 2.88. The summed E-state index contributed by atoms with van der Waals surface area (Å²) in [6, 6.07) is 6.39. The van der Waals surface area contributed by atoms with E-state index in [9.17, 15) is 18.0 Å². The molecule has 2 heterocycles. The van der Waals surface area contributed by atoms with Crippen molar-refractivity contribution in [2.24, 2.45) is 5.92 Å². The number of pyridine rings is 1. The third-order valence-corrected chi connectivity index (χ3v) is 6.25. The molecule has 0 bridgehead atoms. The van der Waals surface area contributed by atoms with Crippen LogP contribution >= 0.6 is 0 Å². The van der Waals surface area contributed by atoms with E-state index < -0.39 is 17.6 Å². The number of ether oxygens (including phenoxy) is 2. The van der Waals surface area contributed by atoms with Gasteiger partial charge < -0.3 is 14.8 Å². The molecular weight excluding hydrogens is 487 g/mol. The molecule has 3 aromatic rings. The molecule has 1 aromatic carbocycles. The summed E-state index contributed by atoms with van der Waals surface area (Å²) in [5, 5.41) is 9.41. The zero-order chi connectivity index (χ0) is 26.3. The van der Waals surface area contributed by atoms with Gasteiger partial charge in [-0.05, 0) is 54.3 Å². The summed E-state index contributed by atoms with van der Waals surface area (Å²) < 4.78 is 52.0. The lowest BCUT2D eigenvalue weighted by Gasteiger charge is -2.19. The molecule has 0 atom stereocenters. The lowest BCUT2D eigenvalue weighted by Crippen LogP contribution is -2.15. The maximum atomic E-state index is 13.8. The van der Waals surface area contributed by atoms with Crippen LogP contribution in [0.15, 0.2) is 36.5 Å². The van der Waals surface area contributed by atoms with Gasteiger partial charge in [-0.3, -0.25) is 9.89 Å². The molecule has 11 heteroatoms. The molecule has 8 nitrogen and oxygen atoms in total. The Hall–Kier alpha value is -3.47. The number of anilines is 1. The van der Waals surface area contributed by atoms with Crippen molar-refractivity contribution in [1.82, 2.24) is 20.2 Å². The molecule has 4 rings (SSSR count). The molecule has 1 fully saturated rings. The summed E-state index contributed by atoms with van der Waals surface area (Å²) >= 11 is 0. The number of carbonyl (C=O) groups is 1. The van der Waals surface area contributed by atoms with Gasteiger partial charge in [0.05, 0.1) is 12.2 Å². The Morgan fingerprint density at radius 2 is 1.95 bits per heavy atom. The first kappa shape index (κ1) is 26.6. The van der Waals surface area contributed by atoms with Crippen molar-refractivity contribution in [3.8, 4) is 16.9 Å². The SMILES string of the molecule is CCOCCOc1ccc(C(F)(F)F)c(-c2ccnc(NC(=O)c3n[nH]c(CC4CCCCC4)n3)c2)c1. The number of aromatic amines is 1. The molecule has 0 spiro atoms. The minimum atomic E-state index is -4.58. The second kappa shape index (κ2) is 12.2. The van der Waals surface area contributed by atoms with Crippen LogP contribution in [-0.2, 0) is 17.3 Å². The van der Waals surface area contributed by atoms with E-state index in [1.54, 1.807) is 0 Å². The number of carbonyl (C=O) groups excluding carboxylic acids is 1. The Morgan fingerprint density at radius 1 is 1.14 bits per heavy atom. The number of halogens is 3.